The summed E-state index contributed by atoms with van der Waals surface area (Å²) < 4.78 is 5.79. The smallest absolute Gasteiger partial charge is 0.126 e. The molecule has 0 radical (unpaired) electrons. The van der Waals surface area contributed by atoms with E-state index in [0.717, 1.165) is 30.9 Å². The molecule has 96 valence electrons. The fourth-order valence-electron chi connectivity index (χ4n) is 1.54. The maximum absolute atomic E-state index is 5.79. The number of nitrogens with zero attached hydrogens (tertiary/aromatic N) is 1. The van der Waals surface area contributed by atoms with Gasteiger partial charge in [0.05, 0.1) is 6.61 Å². The molecule has 1 rings (SSSR count). The van der Waals surface area contributed by atoms with Crippen molar-refractivity contribution in [3.05, 3.63) is 24.0 Å². The molecule has 0 unspecified atom stereocenters. The maximum Gasteiger partial charge on any atom is 0.126 e. The molecule has 17 heavy (non-hydrogen) atoms. The highest BCUT2D eigenvalue weighted by Crippen LogP contribution is 2.17. The van der Waals surface area contributed by atoms with Gasteiger partial charge in [-0.2, -0.15) is 0 Å². The Morgan fingerprint density at radius 2 is 2.18 bits per heavy atom. The van der Waals surface area contributed by atoms with Crippen molar-refractivity contribution in [3.8, 4) is 5.75 Å². The summed E-state index contributed by atoms with van der Waals surface area (Å²) in [5, 5.41) is 3.38. The highest BCUT2D eigenvalue weighted by molar-refractivity contribution is 5.29. The summed E-state index contributed by atoms with van der Waals surface area (Å²) in [4.78, 5) is 4.15. The van der Waals surface area contributed by atoms with Gasteiger partial charge >= 0.3 is 0 Å². The molecule has 0 aliphatic rings. The molecule has 0 saturated carbocycles. The minimum atomic E-state index is 0.475. The summed E-state index contributed by atoms with van der Waals surface area (Å²) in [6, 6.07) is 2.42. The summed E-state index contributed by atoms with van der Waals surface area (Å²) in [7, 11) is 0. The molecule has 0 saturated heterocycles. The van der Waals surface area contributed by atoms with Gasteiger partial charge in [0.25, 0.3) is 0 Å². The number of hydrogen-bond donors (Lipinski definition) is 1. The number of rotatable bonds is 8. The van der Waals surface area contributed by atoms with Crippen LogP contribution >= 0.6 is 0 Å². The minimum Gasteiger partial charge on any atom is -0.493 e. The third-order valence-electron chi connectivity index (χ3n) is 2.57. The van der Waals surface area contributed by atoms with Crippen LogP contribution in [-0.2, 0) is 6.54 Å². The number of nitrogens with one attached hydrogen (secondary N) is 1. The third-order valence-corrected chi connectivity index (χ3v) is 2.57. The van der Waals surface area contributed by atoms with E-state index in [1.807, 2.05) is 12.3 Å². The van der Waals surface area contributed by atoms with E-state index in [0.29, 0.717) is 6.04 Å². The zero-order chi connectivity index (χ0) is 12.5. The SMILES string of the molecule is CCCCCOc1ccncc1CNC(C)C. The fraction of sp³-hybridized carbons (Fsp3) is 0.643. The first kappa shape index (κ1) is 14.0. The second-order valence-corrected chi connectivity index (χ2v) is 4.57. The molecule has 1 heterocycles. The second-order valence-electron chi connectivity index (χ2n) is 4.57. The van der Waals surface area contributed by atoms with Crippen molar-refractivity contribution in [2.75, 3.05) is 6.61 Å². The number of pyridine rings is 1. The molecule has 1 N–H and O–H groups in total. The van der Waals surface area contributed by atoms with Crippen LogP contribution in [0.25, 0.3) is 0 Å². The first-order valence-corrected chi connectivity index (χ1v) is 6.53. The van der Waals surface area contributed by atoms with Crippen molar-refractivity contribution >= 4 is 0 Å². The molecule has 3 heteroatoms. The van der Waals surface area contributed by atoms with Crippen LogP contribution in [0.4, 0.5) is 0 Å². The van der Waals surface area contributed by atoms with E-state index >= 15 is 0 Å². The Morgan fingerprint density at radius 3 is 2.88 bits per heavy atom. The normalized spacial score (nSPS) is 10.8. The molecule has 0 amide bonds. The Hall–Kier alpha value is -1.09. The Morgan fingerprint density at radius 1 is 1.35 bits per heavy atom. The number of hydrogen-bond acceptors (Lipinski definition) is 3. The zero-order valence-corrected chi connectivity index (χ0v) is 11.2. The maximum atomic E-state index is 5.79. The van der Waals surface area contributed by atoms with E-state index in [9.17, 15) is 0 Å². The first-order chi connectivity index (χ1) is 8.24. The van der Waals surface area contributed by atoms with Gasteiger partial charge in [-0.25, -0.2) is 0 Å². The van der Waals surface area contributed by atoms with E-state index < -0.39 is 0 Å². The number of unbranched alkanes of at least 4 members (excludes halogenated alkanes) is 2. The van der Waals surface area contributed by atoms with Gasteiger partial charge < -0.3 is 10.1 Å². The molecular weight excluding hydrogens is 212 g/mol. The Balaban J connectivity index is 2.46. The van der Waals surface area contributed by atoms with E-state index in [-0.39, 0.29) is 0 Å². The molecule has 0 aliphatic heterocycles. The largest absolute Gasteiger partial charge is 0.493 e. The Labute approximate surface area is 105 Å². The predicted molar refractivity (Wildman–Crippen MR) is 71.2 cm³/mol. The summed E-state index contributed by atoms with van der Waals surface area (Å²) in [5.41, 5.74) is 1.14. The van der Waals surface area contributed by atoms with Gasteiger partial charge in [0.15, 0.2) is 0 Å². The lowest BCUT2D eigenvalue weighted by Crippen LogP contribution is -2.22. The van der Waals surface area contributed by atoms with E-state index in [1.54, 1.807) is 6.20 Å². The second kappa shape index (κ2) is 8.07. The molecule has 1 aromatic heterocycles. The van der Waals surface area contributed by atoms with Gasteiger partial charge in [-0.1, -0.05) is 33.6 Å². The van der Waals surface area contributed by atoms with Crippen LogP contribution in [0.15, 0.2) is 18.5 Å². The van der Waals surface area contributed by atoms with Crippen molar-refractivity contribution in [1.82, 2.24) is 10.3 Å². The topological polar surface area (TPSA) is 34.1 Å². The van der Waals surface area contributed by atoms with E-state index in [2.05, 4.69) is 31.1 Å². The highest BCUT2D eigenvalue weighted by Gasteiger charge is 2.03. The molecule has 0 atom stereocenters. The molecule has 0 aromatic carbocycles. The Kier molecular flexibility index (Phi) is 6.63. The van der Waals surface area contributed by atoms with Crippen molar-refractivity contribution in [2.45, 2.75) is 52.6 Å². The molecular formula is C14H24N2O. The Bertz CT molecular complexity index is 313. The minimum absolute atomic E-state index is 0.475. The monoisotopic (exact) mass is 236 g/mol. The number of aromatic nitrogens is 1. The predicted octanol–water partition coefficient (Wildman–Crippen LogP) is 3.15. The van der Waals surface area contributed by atoms with Crippen LogP contribution in [0.3, 0.4) is 0 Å². The summed E-state index contributed by atoms with van der Waals surface area (Å²) >= 11 is 0. The van der Waals surface area contributed by atoms with Crippen molar-refractivity contribution in [2.24, 2.45) is 0 Å². The van der Waals surface area contributed by atoms with E-state index in [4.69, 9.17) is 4.74 Å². The lowest BCUT2D eigenvalue weighted by Gasteiger charge is -2.13. The fourth-order valence-corrected chi connectivity index (χ4v) is 1.54. The summed E-state index contributed by atoms with van der Waals surface area (Å²) in [6.45, 7) is 8.09. The quantitative estimate of drug-likeness (QED) is 0.704. The summed E-state index contributed by atoms with van der Waals surface area (Å²) in [5.74, 6) is 0.962. The van der Waals surface area contributed by atoms with Crippen LogP contribution in [0.2, 0.25) is 0 Å². The van der Waals surface area contributed by atoms with Gasteiger partial charge in [0.1, 0.15) is 5.75 Å². The average molecular weight is 236 g/mol. The van der Waals surface area contributed by atoms with Crippen LogP contribution in [0, 0.1) is 0 Å². The zero-order valence-electron chi connectivity index (χ0n) is 11.2. The van der Waals surface area contributed by atoms with Crippen molar-refractivity contribution in [3.63, 3.8) is 0 Å². The van der Waals surface area contributed by atoms with Gasteiger partial charge in [-0.15, -0.1) is 0 Å². The van der Waals surface area contributed by atoms with Crippen LogP contribution in [0.5, 0.6) is 5.75 Å². The molecule has 0 aliphatic carbocycles. The van der Waals surface area contributed by atoms with E-state index in [1.165, 1.54) is 12.8 Å². The molecule has 0 fully saturated rings. The summed E-state index contributed by atoms with van der Waals surface area (Å²) in [6.07, 6.45) is 7.24. The highest BCUT2D eigenvalue weighted by atomic mass is 16.5. The number of ether oxygens (including phenoxy) is 1. The molecule has 0 bridgehead atoms. The van der Waals surface area contributed by atoms with Crippen molar-refractivity contribution < 1.29 is 4.74 Å². The lowest BCUT2D eigenvalue weighted by atomic mass is 10.2. The molecule has 3 nitrogen and oxygen atoms in total. The average Bonchev–Trinajstić information content (AvgIpc) is 2.33. The van der Waals surface area contributed by atoms with Crippen LogP contribution in [-0.4, -0.2) is 17.6 Å². The van der Waals surface area contributed by atoms with Gasteiger partial charge in [0.2, 0.25) is 0 Å². The van der Waals surface area contributed by atoms with Gasteiger partial charge in [-0.05, 0) is 12.5 Å². The van der Waals surface area contributed by atoms with Gasteiger partial charge in [0, 0.05) is 30.5 Å². The third kappa shape index (κ3) is 5.68. The van der Waals surface area contributed by atoms with Crippen molar-refractivity contribution in [1.29, 1.82) is 0 Å². The lowest BCUT2D eigenvalue weighted by molar-refractivity contribution is 0.302. The first-order valence-electron chi connectivity index (χ1n) is 6.53. The molecule has 0 spiro atoms. The molecule has 1 aromatic rings. The van der Waals surface area contributed by atoms with Gasteiger partial charge in [-0.3, -0.25) is 4.98 Å². The van der Waals surface area contributed by atoms with Crippen LogP contribution in [0.1, 0.15) is 45.6 Å². The van der Waals surface area contributed by atoms with Crippen LogP contribution < -0.4 is 10.1 Å². The standard InChI is InChI=1S/C14H24N2O/c1-4-5-6-9-17-14-7-8-15-10-13(14)11-16-12(2)3/h7-8,10,12,16H,4-6,9,11H2,1-3H3.